The summed E-state index contributed by atoms with van der Waals surface area (Å²) in [5.74, 6) is -1.61. The third kappa shape index (κ3) is 3.42. The SMILES string of the molecule is Fc1cc(CBr)cc(F)c1OCCC1CCCO1. The molecule has 0 amide bonds. The first-order chi connectivity index (χ1) is 8.70. The molecule has 5 heteroatoms. The summed E-state index contributed by atoms with van der Waals surface area (Å²) in [7, 11) is 0. The second-order valence-electron chi connectivity index (χ2n) is 4.29. The molecular formula is C13H15BrF2O2. The summed E-state index contributed by atoms with van der Waals surface area (Å²) in [5.41, 5.74) is 0.552. The molecule has 1 aromatic rings. The summed E-state index contributed by atoms with van der Waals surface area (Å²) in [6, 6.07) is 2.55. The highest BCUT2D eigenvalue weighted by molar-refractivity contribution is 9.08. The van der Waals surface area contributed by atoms with Gasteiger partial charge in [0, 0.05) is 18.4 Å². The Morgan fingerprint density at radius 1 is 1.33 bits per heavy atom. The Hall–Kier alpha value is -0.680. The van der Waals surface area contributed by atoms with Crippen molar-refractivity contribution in [2.45, 2.75) is 30.7 Å². The monoisotopic (exact) mass is 320 g/mol. The van der Waals surface area contributed by atoms with Gasteiger partial charge in [-0.1, -0.05) is 15.9 Å². The van der Waals surface area contributed by atoms with Crippen LogP contribution in [0.25, 0.3) is 0 Å². The van der Waals surface area contributed by atoms with Gasteiger partial charge in [-0.3, -0.25) is 0 Å². The maximum absolute atomic E-state index is 13.6. The minimum absolute atomic E-state index is 0.165. The molecule has 1 heterocycles. The second kappa shape index (κ2) is 6.48. The Labute approximate surface area is 113 Å². The topological polar surface area (TPSA) is 18.5 Å². The number of benzene rings is 1. The lowest BCUT2D eigenvalue weighted by Gasteiger charge is -2.12. The van der Waals surface area contributed by atoms with Gasteiger partial charge in [-0.25, -0.2) is 8.78 Å². The molecule has 0 aromatic heterocycles. The first-order valence-corrected chi connectivity index (χ1v) is 7.11. The number of alkyl halides is 1. The quantitative estimate of drug-likeness (QED) is 0.768. The van der Waals surface area contributed by atoms with E-state index in [1.807, 2.05) is 0 Å². The molecule has 18 heavy (non-hydrogen) atoms. The zero-order valence-electron chi connectivity index (χ0n) is 9.93. The number of hydrogen-bond acceptors (Lipinski definition) is 2. The average Bonchev–Trinajstić information content (AvgIpc) is 2.85. The van der Waals surface area contributed by atoms with Crippen LogP contribution in [-0.4, -0.2) is 19.3 Å². The highest BCUT2D eigenvalue weighted by Gasteiger charge is 2.17. The molecule has 1 saturated heterocycles. The van der Waals surface area contributed by atoms with Crippen molar-refractivity contribution in [1.82, 2.24) is 0 Å². The summed E-state index contributed by atoms with van der Waals surface area (Å²) in [6.45, 7) is 1.04. The maximum Gasteiger partial charge on any atom is 0.190 e. The maximum atomic E-state index is 13.6. The van der Waals surface area contributed by atoms with Gasteiger partial charge in [-0.05, 0) is 30.5 Å². The molecule has 1 unspecified atom stereocenters. The van der Waals surface area contributed by atoms with E-state index >= 15 is 0 Å². The number of halogens is 3. The fraction of sp³-hybridized carbons (Fsp3) is 0.538. The Morgan fingerprint density at radius 2 is 2.06 bits per heavy atom. The van der Waals surface area contributed by atoms with E-state index in [9.17, 15) is 8.78 Å². The largest absolute Gasteiger partial charge is 0.488 e. The fourth-order valence-electron chi connectivity index (χ4n) is 1.99. The Kier molecular flexibility index (Phi) is 4.95. The molecular weight excluding hydrogens is 306 g/mol. The fourth-order valence-corrected chi connectivity index (χ4v) is 2.32. The van der Waals surface area contributed by atoms with Crippen molar-refractivity contribution in [3.63, 3.8) is 0 Å². The molecule has 0 bridgehead atoms. The smallest absolute Gasteiger partial charge is 0.190 e. The lowest BCUT2D eigenvalue weighted by Crippen LogP contribution is -2.12. The molecule has 1 atom stereocenters. The molecule has 100 valence electrons. The Balaban J connectivity index is 1.92. The van der Waals surface area contributed by atoms with Gasteiger partial charge in [0.1, 0.15) is 0 Å². The molecule has 0 saturated carbocycles. The Morgan fingerprint density at radius 3 is 2.61 bits per heavy atom. The molecule has 1 fully saturated rings. The first kappa shape index (κ1) is 13.7. The van der Waals surface area contributed by atoms with Gasteiger partial charge >= 0.3 is 0 Å². The van der Waals surface area contributed by atoms with Crippen molar-refractivity contribution in [3.05, 3.63) is 29.3 Å². The molecule has 0 spiro atoms. The standard InChI is InChI=1S/C13H15BrF2O2/c14-8-9-6-11(15)13(12(16)7-9)18-5-3-10-2-1-4-17-10/h6-7,10H,1-5,8H2. The van der Waals surface area contributed by atoms with E-state index in [-0.39, 0.29) is 18.5 Å². The minimum atomic E-state index is -0.656. The highest BCUT2D eigenvalue weighted by Crippen LogP contribution is 2.25. The highest BCUT2D eigenvalue weighted by atomic mass is 79.9. The number of ether oxygens (including phenoxy) is 2. The third-order valence-electron chi connectivity index (χ3n) is 2.92. The third-order valence-corrected chi connectivity index (χ3v) is 3.57. The molecule has 0 aliphatic carbocycles. The van der Waals surface area contributed by atoms with E-state index in [2.05, 4.69) is 15.9 Å². The van der Waals surface area contributed by atoms with E-state index in [1.165, 1.54) is 12.1 Å². The molecule has 1 aromatic carbocycles. The number of hydrogen-bond donors (Lipinski definition) is 0. The molecule has 1 aliphatic rings. The van der Waals surface area contributed by atoms with Crippen LogP contribution >= 0.6 is 15.9 Å². The van der Waals surface area contributed by atoms with E-state index in [0.29, 0.717) is 17.3 Å². The van der Waals surface area contributed by atoms with Crippen LogP contribution in [0.4, 0.5) is 8.78 Å². The predicted molar refractivity (Wildman–Crippen MR) is 68.1 cm³/mol. The van der Waals surface area contributed by atoms with E-state index < -0.39 is 11.6 Å². The van der Waals surface area contributed by atoms with Crippen LogP contribution in [0.3, 0.4) is 0 Å². The van der Waals surface area contributed by atoms with Crippen LogP contribution in [0.5, 0.6) is 5.75 Å². The van der Waals surface area contributed by atoms with E-state index in [0.717, 1.165) is 19.4 Å². The number of rotatable bonds is 5. The van der Waals surface area contributed by atoms with Gasteiger partial charge in [0.05, 0.1) is 12.7 Å². The van der Waals surface area contributed by atoms with Crippen LogP contribution in [0.1, 0.15) is 24.8 Å². The predicted octanol–water partition coefficient (Wildman–Crippen LogP) is 3.81. The zero-order valence-corrected chi connectivity index (χ0v) is 11.5. The van der Waals surface area contributed by atoms with Crippen molar-refractivity contribution in [1.29, 1.82) is 0 Å². The van der Waals surface area contributed by atoms with Crippen molar-refractivity contribution in [2.24, 2.45) is 0 Å². The van der Waals surface area contributed by atoms with Gasteiger partial charge in [0.25, 0.3) is 0 Å². The minimum Gasteiger partial charge on any atom is -0.488 e. The summed E-state index contributed by atoms with van der Waals surface area (Å²) in [4.78, 5) is 0. The van der Waals surface area contributed by atoms with Crippen LogP contribution in [-0.2, 0) is 10.1 Å². The molecule has 2 rings (SSSR count). The van der Waals surface area contributed by atoms with Crippen molar-refractivity contribution in [2.75, 3.05) is 13.2 Å². The molecule has 1 aliphatic heterocycles. The lowest BCUT2D eigenvalue weighted by molar-refractivity contribution is 0.0890. The van der Waals surface area contributed by atoms with Crippen molar-refractivity contribution < 1.29 is 18.3 Å². The van der Waals surface area contributed by atoms with E-state index in [1.54, 1.807) is 0 Å². The van der Waals surface area contributed by atoms with Crippen molar-refractivity contribution in [3.8, 4) is 5.75 Å². The van der Waals surface area contributed by atoms with Gasteiger partial charge in [0.2, 0.25) is 0 Å². The van der Waals surface area contributed by atoms with Gasteiger partial charge < -0.3 is 9.47 Å². The van der Waals surface area contributed by atoms with Crippen LogP contribution in [0.15, 0.2) is 12.1 Å². The normalized spacial score (nSPS) is 19.2. The van der Waals surface area contributed by atoms with E-state index in [4.69, 9.17) is 9.47 Å². The molecule has 0 N–H and O–H groups in total. The average molecular weight is 321 g/mol. The molecule has 2 nitrogen and oxygen atoms in total. The van der Waals surface area contributed by atoms with Crippen LogP contribution < -0.4 is 4.74 Å². The first-order valence-electron chi connectivity index (χ1n) is 5.99. The van der Waals surface area contributed by atoms with Crippen LogP contribution in [0.2, 0.25) is 0 Å². The summed E-state index contributed by atoms with van der Waals surface area (Å²) >= 11 is 3.16. The molecule has 0 radical (unpaired) electrons. The Bertz CT molecular complexity index is 383. The van der Waals surface area contributed by atoms with Crippen LogP contribution in [0, 0.1) is 11.6 Å². The van der Waals surface area contributed by atoms with Gasteiger partial charge in [-0.2, -0.15) is 0 Å². The second-order valence-corrected chi connectivity index (χ2v) is 4.86. The summed E-state index contributed by atoms with van der Waals surface area (Å²) in [5, 5.41) is 0.414. The van der Waals surface area contributed by atoms with Crippen molar-refractivity contribution >= 4 is 15.9 Å². The lowest BCUT2D eigenvalue weighted by atomic mass is 10.2. The summed E-state index contributed by atoms with van der Waals surface area (Å²) < 4.78 is 37.8. The zero-order chi connectivity index (χ0) is 13.0. The van der Waals surface area contributed by atoms with Gasteiger partial charge in [0.15, 0.2) is 17.4 Å². The summed E-state index contributed by atoms with van der Waals surface area (Å²) in [6.07, 6.45) is 2.88. The van der Waals surface area contributed by atoms with Gasteiger partial charge in [-0.15, -0.1) is 0 Å².